The molecule has 19 heavy (non-hydrogen) atoms. The van der Waals surface area contributed by atoms with Crippen molar-refractivity contribution in [3.63, 3.8) is 0 Å². The lowest BCUT2D eigenvalue weighted by Gasteiger charge is -2.17. The molecule has 1 N–H and O–H groups in total. The number of carbonyl (C=O) groups is 1. The average Bonchev–Trinajstić information content (AvgIpc) is 2.26. The van der Waals surface area contributed by atoms with Gasteiger partial charge in [-0.2, -0.15) is 13.2 Å². The molecule has 0 saturated heterocycles. The number of nitrogens with one attached hydrogen (secondary N) is 1. The van der Waals surface area contributed by atoms with Crippen LogP contribution in [0.15, 0.2) is 28.0 Å². The Morgan fingerprint density at radius 1 is 1.26 bits per heavy atom. The fraction of sp³-hybridized carbons (Fsp3) is 0.222. The van der Waals surface area contributed by atoms with E-state index in [2.05, 4.69) is 5.32 Å². The number of benzene rings is 1. The number of alkyl halides is 3. The van der Waals surface area contributed by atoms with Gasteiger partial charge in [0.25, 0.3) is 9.84 Å². The maximum Gasteiger partial charge on any atom is 0.501 e. The van der Waals surface area contributed by atoms with E-state index in [-0.39, 0.29) is 16.3 Å². The lowest BCUT2D eigenvalue weighted by atomic mass is 10.3. The zero-order chi connectivity index (χ0) is 14.4. The van der Waals surface area contributed by atoms with Crippen LogP contribution in [0.5, 0.6) is 0 Å². The summed E-state index contributed by atoms with van der Waals surface area (Å²) in [5.74, 6) is -0.953. The summed E-state index contributed by atoms with van der Waals surface area (Å²) in [6, 6.07) is 2.38. The highest BCUT2D eigenvalue weighted by Crippen LogP contribution is 2.34. The highest BCUT2D eigenvalue weighted by atomic mass is 32.2. The number of hydrogen-bond acceptors (Lipinski definition) is 4. The van der Waals surface area contributed by atoms with Crippen molar-refractivity contribution in [2.45, 2.75) is 15.3 Å². The third-order valence-corrected chi connectivity index (χ3v) is 5.20. The minimum absolute atomic E-state index is 0.0979. The molecule has 10 heteroatoms. The number of hydrogen-bond donors (Lipinski definition) is 1. The van der Waals surface area contributed by atoms with Crippen molar-refractivity contribution in [3.8, 4) is 0 Å². The molecule has 2 rings (SSSR count). The summed E-state index contributed by atoms with van der Waals surface area (Å²) in [5.41, 5.74) is -5.61. The van der Waals surface area contributed by atoms with E-state index >= 15 is 0 Å². The molecular formula is C9H6F3NO4S2. The Balaban J connectivity index is 2.57. The topological polar surface area (TPSA) is 80.3 Å². The molecule has 1 heterocycles. The number of rotatable bonds is 1. The van der Waals surface area contributed by atoms with Crippen LogP contribution in [0.3, 0.4) is 0 Å². The summed E-state index contributed by atoms with van der Waals surface area (Å²) in [7, 11) is -7.18. The van der Waals surface area contributed by atoms with Crippen molar-refractivity contribution in [2.75, 3.05) is 11.1 Å². The first-order valence-electron chi connectivity index (χ1n) is 4.76. The van der Waals surface area contributed by atoms with Gasteiger partial charge in [-0.3, -0.25) is 9.00 Å². The molecule has 0 unspecified atom stereocenters. The van der Waals surface area contributed by atoms with E-state index in [0.29, 0.717) is 6.07 Å². The summed E-state index contributed by atoms with van der Waals surface area (Å²) in [6.45, 7) is 0. The Hall–Kier alpha value is -1.42. The molecule has 104 valence electrons. The summed E-state index contributed by atoms with van der Waals surface area (Å²) < 4.78 is 71.0. The van der Waals surface area contributed by atoms with Gasteiger partial charge in [0.1, 0.15) is 5.75 Å². The third kappa shape index (κ3) is 2.37. The SMILES string of the molecule is O=C1C[S@@](=O)c2ccc(S(=O)(=O)C(F)(F)F)cc2N1. The average molecular weight is 313 g/mol. The Bertz CT molecular complexity index is 681. The molecule has 0 aromatic heterocycles. The van der Waals surface area contributed by atoms with Gasteiger partial charge < -0.3 is 5.32 Å². The molecule has 1 aromatic rings. The number of amides is 1. The molecule has 0 aliphatic carbocycles. The number of sulfone groups is 1. The third-order valence-electron chi connectivity index (χ3n) is 2.35. The molecule has 0 bridgehead atoms. The van der Waals surface area contributed by atoms with Gasteiger partial charge in [0, 0.05) is 0 Å². The fourth-order valence-corrected chi connectivity index (χ4v) is 3.32. The number of anilines is 1. The predicted octanol–water partition coefficient (Wildman–Crippen LogP) is 1.04. The fourth-order valence-electron chi connectivity index (χ4n) is 1.49. The zero-order valence-corrected chi connectivity index (χ0v) is 10.7. The molecule has 1 aliphatic heterocycles. The van der Waals surface area contributed by atoms with Crippen molar-refractivity contribution < 1.29 is 30.6 Å². The molecular weight excluding hydrogens is 307 g/mol. The highest BCUT2D eigenvalue weighted by molar-refractivity contribution is 7.92. The predicted molar refractivity (Wildman–Crippen MR) is 59.6 cm³/mol. The van der Waals surface area contributed by atoms with Crippen LogP contribution in [-0.4, -0.2) is 29.8 Å². The lowest BCUT2D eigenvalue weighted by molar-refractivity contribution is -0.114. The van der Waals surface area contributed by atoms with Crippen molar-refractivity contribution >= 4 is 32.2 Å². The van der Waals surface area contributed by atoms with Crippen LogP contribution in [0.4, 0.5) is 18.9 Å². The van der Waals surface area contributed by atoms with E-state index < -0.39 is 36.9 Å². The second kappa shape index (κ2) is 4.30. The molecule has 5 nitrogen and oxygen atoms in total. The second-order valence-electron chi connectivity index (χ2n) is 3.65. The van der Waals surface area contributed by atoms with Gasteiger partial charge in [0.2, 0.25) is 5.91 Å². The van der Waals surface area contributed by atoms with Crippen LogP contribution in [0.25, 0.3) is 0 Å². The molecule has 0 spiro atoms. The first kappa shape index (κ1) is 14.0. The molecule has 1 amide bonds. The molecule has 1 atom stereocenters. The monoisotopic (exact) mass is 313 g/mol. The first-order valence-corrected chi connectivity index (χ1v) is 7.57. The minimum atomic E-state index is -5.50. The molecule has 0 radical (unpaired) electrons. The highest BCUT2D eigenvalue weighted by Gasteiger charge is 2.47. The first-order chi connectivity index (χ1) is 8.63. The maximum absolute atomic E-state index is 12.4. The zero-order valence-electron chi connectivity index (χ0n) is 9.02. The lowest BCUT2D eigenvalue weighted by Crippen LogP contribution is -2.27. The van der Waals surface area contributed by atoms with Gasteiger partial charge in [-0.15, -0.1) is 0 Å². The summed E-state index contributed by atoms with van der Waals surface area (Å²) in [4.78, 5) is 10.2. The van der Waals surface area contributed by atoms with E-state index in [1.165, 1.54) is 0 Å². The van der Waals surface area contributed by atoms with Crippen molar-refractivity contribution in [3.05, 3.63) is 18.2 Å². The minimum Gasteiger partial charge on any atom is -0.324 e. The number of fused-ring (bicyclic) bond motifs is 1. The Kier molecular flexibility index (Phi) is 3.17. The summed E-state index contributed by atoms with van der Waals surface area (Å²) in [5, 5.41) is 2.19. The van der Waals surface area contributed by atoms with Gasteiger partial charge in [0.15, 0.2) is 0 Å². The van der Waals surface area contributed by atoms with Crippen molar-refractivity contribution in [1.82, 2.24) is 0 Å². The van der Waals surface area contributed by atoms with E-state index in [9.17, 15) is 30.6 Å². The van der Waals surface area contributed by atoms with Gasteiger partial charge >= 0.3 is 5.51 Å². The molecule has 1 aromatic carbocycles. The van der Waals surface area contributed by atoms with Crippen molar-refractivity contribution in [2.24, 2.45) is 0 Å². The standard InChI is InChI=1S/C9H6F3NO4S2/c10-9(11,12)19(16,17)5-1-2-7-6(3-5)13-8(14)4-18(7)15/h1-3H,4H2,(H,13,14)/t18-/m1/s1. The van der Waals surface area contributed by atoms with Gasteiger partial charge in [-0.1, -0.05) is 0 Å². The Labute approximate surface area is 108 Å². The molecule has 0 fully saturated rings. The number of carbonyl (C=O) groups excluding carboxylic acids is 1. The van der Waals surface area contributed by atoms with Gasteiger partial charge in [-0.25, -0.2) is 8.42 Å². The Morgan fingerprint density at radius 3 is 2.47 bits per heavy atom. The smallest absolute Gasteiger partial charge is 0.324 e. The number of halogens is 3. The van der Waals surface area contributed by atoms with Crippen LogP contribution in [0, 0.1) is 0 Å². The van der Waals surface area contributed by atoms with Crippen LogP contribution in [0.1, 0.15) is 0 Å². The van der Waals surface area contributed by atoms with Gasteiger partial charge in [0.05, 0.1) is 26.3 Å². The van der Waals surface area contributed by atoms with E-state index in [0.717, 1.165) is 12.1 Å². The largest absolute Gasteiger partial charge is 0.501 e. The Morgan fingerprint density at radius 2 is 1.89 bits per heavy atom. The van der Waals surface area contributed by atoms with Crippen molar-refractivity contribution in [1.29, 1.82) is 0 Å². The van der Waals surface area contributed by atoms with Crippen LogP contribution in [-0.2, 0) is 25.4 Å². The van der Waals surface area contributed by atoms with E-state index in [1.54, 1.807) is 0 Å². The summed E-state index contributed by atoms with van der Waals surface area (Å²) in [6.07, 6.45) is 0. The van der Waals surface area contributed by atoms with E-state index in [1.807, 2.05) is 0 Å². The molecule has 0 saturated carbocycles. The van der Waals surface area contributed by atoms with E-state index in [4.69, 9.17) is 0 Å². The second-order valence-corrected chi connectivity index (χ2v) is 7.01. The normalized spacial score (nSPS) is 19.7. The quantitative estimate of drug-likeness (QED) is 0.840. The molecule has 1 aliphatic rings. The van der Waals surface area contributed by atoms with Crippen LogP contribution in [0.2, 0.25) is 0 Å². The summed E-state index contributed by atoms with van der Waals surface area (Å²) >= 11 is 0. The van der Waals surface area contributed by atoms with Gasteiger partial charge in [-0.05, 0) is 18.2 Å². The van der Waals surface area contributed by atoms with Crippen LogP contribution >= 0.6 is 0 Å². The van der Waals surface area contributed by atoms with Crippen LogP contribution < -0.4 is 5.32 Å². The maximum atomic E-state index is 12.4.